The Balaban J connectivity index is 2.16. The van der Waals surface area contributed by atoms with Gasteiger partial charge in [-0.25, -0.2) is 0 Å². The van der Waals surface area contributed by atoms with E-state index in [0.29, 0.717) is 5.56 Å². The molecular formula is C19H19BrO. The molecule has 0 aliphatic rings. The molecule has 2 aromatic carbocycles. The van der Waals surface area contributed by atoms with Crippen molar-refractivity contribution in [3.63, 3.8) is 0 Å². The van der Waals surface area contributed by atoms with Crippen molar-refractivity contribution in [1.29, 1.82) is 0 Å². The standard InChI is InChI=1S/C19H19BrO/c1-19(2,3)16-11-8-15(9-12-16)18(21)13-10-14-6-4-5-7-17(14)20/h4-13H,1-3H3/b13-10+. The number of rotatable bonds is 3. The second-order valence-electron chi connectivity index (χ2n) is 6.05. The molecule has 0 unspecified atom stereocenters. The van der Waals surface area contributed by atoms with Crippen molar-refractivity contribution < 1.29 is 4.79 Å². The molecular weight excluding hydrogens is 324 g/mol. The quantitative estimate of drug-likeness (QED) is 0.520. The Morgan fingerprint density at radius 3 is 2.19 bits per heavy atom. The third kappa shape index (κ3) is 4.15. The predicted molar refractivity (Wildman–Crippen MR) is 92.6 cm³/mol. The van der Waals surface area contributed by atoms with Crippen molar-refractivity contribution in [2.45, 2.75) is 26.2 Å². The molecule has 0 aromatic heterocycles. The first kappa shape index (κ1) is 15.7. The molecule has 1 nitrogen and oxygen atoms in total. The first-order valence-corrected chi connectivity index (χ1v) is 7.75. The summed E-state index contributed by atoms with van der Waals surface area (Å²) >= 11 is 3.47. The molecule has 21 heavy (non-hydrogen) atoms. The lowest BCUT2D eigenvalue weighted by molar-refractivity contribution is 0.104. The van der Waals surface area contributed by atoms with E-state index in [-0.39, 0.29) is 11.2 Å². The Morgan fingerprint density at radius 1 is 1.00 bits per heavy atom. The van der Waals surface area contributed by atoms with Crippen LogP contribution < -0.4 is 0 Å². The molecule has 0 atom stereocenters. The van der Waals surface area contributed by atoms with Gasteiger partial charge in [0.1, 0.15) is 0 Å². The van der Waals surface area contributed by atoms with Crippen LogP contribution in [0.2, 0.25) is 0 Å². The molecule has 0 bridgehead atoms. The van der Waals surface area contributed by atoms with Gasteiger partial charge in [0.2, 0.25) is 0 Å². The highest BCUT2D eigenvalue weighted by Crippen LogP contribution is 2.22. The largest absolute Gasteiger partial charge is 0.289 e. The molecule has 0 aliphatic heterocycles. The topological polar surface area (TPSA) is 17.1 Å². The van der Waals surface area contributed by atoms with Crippen molar-refractivity contribution in [2.24, 2.45) is 0 Å². The van der Waals surface area contributed by atoms with Gasteiger partial charge in [-0.05, 0) is 34.8 Å². The fourth-order valence-corrected chi connectivity index (χ4v) is 2.42. The Morgan fingerprint density at radius 2 is 1.62 bits per heavy atom. The lowest BCUT2D eigenvalue weighted by atomic mass is 9.86. The third-order valence-corrected chi connectivity index (χ3v) is 4.08. The second-order valence-corrected chi connectivity index (χ2v) is 6.90. The van der Waals surface area contributed by atoms with E-state index >= 15 is 0 Å². The Labute approximate surface area is 134 Å². The molecule has 0 amide bonds. The van der Waals surface area contributed by atoms with Gasteiger partial charge in [0, 0.05) is 10.0 Å². The molecule has 0 saturated heterocycles. The molecule has 108 valence electrons. The zero-order valence-electron chi connectivity index (χ0n) is 12.6. The van der Waals surface area contributed by atoms with Gasteiger partial charge in [0.15, 0.2) is 5.78 Å². The van der Waals surface area contributed by atoms with E-state index in [9.17, 15) is 4.79 Å². The Kier molecular flexibility index (Phi) is 4.79. The number of benzene rings is 2. The highest BCUT2D eigenvalue weighted by molar-refractivity contribution is 9.10. The average molecular weight is 343 g/mol. The number of halogens is 1. The maximum absolute atomic E-state index is 12.2. The number of ketones is 1. The van der Waals surface area contributed by atoms with E-state index in [0.717, 1.165) is 10.0 Å². The van der Waals surface area contributed by atoms with Gasteiger partial charge in [-0.15, -0.1) is 0 Å². The lowest BCUT2D eigenvalue weighted by Crippen LogP contribution is -2.11. The van der Waals surface area contributed by atoms with Gasteiger partial charge < -0.3 is 0 Å². The molecule has 0 radical (unpaired) electrons. The van der Waals surface area contributed by atoms with Gasteiger partial charge in [0.25, 0.3) is 0 Å². The third-order valence-electron chi connectivity index (χ3n) is 3.35. The maximum Gasteiger partial charge on any atom is 0.185 e. The van der Waals surface area contributed by atoms with E-state index in [2.05, 4.69) is 36.7 Å². The average Bonchev–Trinajstić information content (AvgIpc) is 2.45. The van der Waals surface area contributed by atoms with Crippen LogP contribution in [0.25, 0.3) is 6.08 Å². The van der Waals surface area contributed by atoms with Gasteiger partial charge in [-0.1, -0.05) is 79.2 Å². The van der Waals surface area contributed by atoms with Crippen LogP contribution in [0.1, 0.15) is 42.3 Å². The van der Waals surface area contributed by atoms with Crippen molar-refractivity contribution in [2.75, 3.05) is 0 Å². The van der Waals surface area contributed by atoms with E-state index in [4.69, 9.17) is 0 Å². The molecule has 0 aliphatic carbocycles. The molecule has 0 heterocycles. The highest BCUT2D eigenvalue weighted by atomic mass is 79.9. The first-order valence-electron chi connectivity index (χ1n) is 6.95. The summed E-state index contributed by atoms with van der Waals surface area (Å²) in [5.41, 5.74) is 3.05. The maximum atomic E-state index is 12.2. The molecule has 0 spiro atoms. The SMILES string of the molecule is CC(C)(C)c1ccc(C(=O)/C=C/c2ccccc2Br)cc1. The van der Waals surface area contributed by atoms with Crippen LogP contribution in [0.15, 0.2) is 59.1 Å². The zero-order chi connectivity index (χ0) is 15.5. The minimum atomic E-state index is 0.0196. The van der Waals surface area contributed by atoms with Crippen LogP contribution in [0.5, 0.6) is 0 Å². The minimum Gasteiger partial charge on any atom is -0.289 e. The van der Waals surface area contributed by atoms with Crippen molar-refractivity contribution in [1.82, 2.24) is 0 Å². The van der Waals surface area contributed by atoms with Crippen LogP contribution in [0.4, 0.5) is 0 Å². The van der Waals surface area contributed by atoms with Crippen molar-refractivity contribution >= 4 is 27.8 Å². The molecule has 2 heteroatoms. The number of carbonyl (C=O) groups is 1. The number of allylic oxidation sites excluding steroid dienone is 1. The summed E-state index contributed by atoms with van der Waals surface area (Å²) in [6, 6.07) is 15.7. The summed E-state index contributed by atoms with van der Waals surface area (Å²) < 4.78 is 0.983. The van der Waals surface area contributed by atoms with Crippen LogP contribution in [0.3, 0.4) is 0 Å². The number of hydrogen-bond donors (Lipinski definition) is 0. The summed E-state index contributed by atoms with van der Waals surface area (Å²) in [5.74, 6) is 0.0196. The predicted octanol–water partition coefficient (Wildman–Crippen LogP) is 5.64. The van der Waals surface area contributed by atoms with Crippen LogP contribution >= 0.6 is 15.9 Å². The normalized spacial score (nSPS) is 11.8. The van der Waals surface area contributed by atoms with Gasteiger partial charge in [-0.3, -0.25) is 4.79 Å². The van der Waals surface area contributed by atoms with Crippen molar-refractivity contribution in [3.8, 4) is 0 Å². The summed E-state index contributed by atoms with van der Waals surface area (Å²) in [4.78, 5) is 12.2. The Hall–Kier alpha value is -1.67. The summed E-state index contributed by atoms with van der Waals surface area (Å²) in [7, 11) is 0. The fourth-order valence-electron chi connectivity index (χ4n) is 2.01. The van der Waals surface area contributed by atoms with Gasteiger partial charge in [-0.2, -0.15) is 0 Å². The van der Waals surface area contributed by atoms with Crippen LogP contribution in [-0.2, 0) is 5.41 Å². The molecule has 0 saturated carbocycles. The monoisotopic (exact) mass is 342 g/mol. The van der Waals surface area contributed by atoms with E-state index in [1.165, 1.54) is 5.56 Å². The zero-order valence-corrected chi connectivity index (χ0v) is 14.1. The summed E-state index contributed by atoms with van der Waals surface area (Å²) in [5, 5.41) is 0. The second kappa shape index (κ2) is 6.40. The van der Waals surface area contributed by atoms with Crippen molar-refractivity contribution in [3.05, 3.63) is 75.8 Å². The molecule has 2 aromatic rings. The van der Waals surface area contributed by atoms with Gasteiger partial charge >= 0.3 is 0 Å². The number of carbonyl (C=O) groups excluding carboxylic acids is 1. The van der Waals surface area contributed by atoms with E-state index < -0.39 is 0 Å². The lowest BCUT2D eigenvalue weighted by Gasteiger charge is -2.18. The molecule has 0 fully saturated rings. The van der Waals surface area contributed by atoms with E-state index in [1.54, 1.807) is 6.08 Å². The summed E-state index contributed by atoms with van der Waals surface area (Å²) in [6.07, 6.45) is 3.45. The molecule has 0 N–H and O–H groups in total. The highest BCUT2D eigenvalue weighted by Gasteiger charge is 2.13. The van der Waals surface area contributed by atoms with Gasteiger partial charge in [0.05, 0.1) is 0 Å². The summed E-state index contributed by atoms with van der Waals surface area (Å²) in [6.45, 7) is 6.49. The smallest absolute Gasteiger partial charge is 0.185 e. The minimum absolute atomic E-state index is 0.0196. The van der Waals surface area contributed by atoms with Crippen LogP contribution in [0, 0.1) is 0 Å². The number of hydrogen-bond acceptors (Lipinski definition) is 1. The van der Waals surface area contributed by atoms with Crippen LogP contribution in [-0.4, -0.2) is 5.78 Å². The van der Waals surface area contributed by atoms with E-state index in [1.807, 2.05) is 54.6 Å². The fraction of sp³-hybridized carbons (Fsp3) is 0.211. The first-order chi connectivity index (χ1) is 9.88. The Bertz CT molecular complexity index is 661. The molecule has 2 rings (SSSR count).